The third-order valence-corrected chi connectivity index (χ3v) is 2.72. The van der Waals surface area contributed by atoms with Gasteiger partial charge in [0.2, 0.25) is 0 Å². The highest BCUT2D eigenvalue weighted by Gasteiger charge is 2.12. The summed E-state index contributed by atoms with van der Waals surface area (Å²) in [7, 11) is 0. The van der Waals surface area contributed by atoms with Crippen molar-refractivity contribution in [2.75, 3.05) is 0 Å². The van der Waals surface area contributed by atoms with Gasteiger partial charge in [0.15, 0.2) is 0 Å². The molecule has 0 bridgehead atoms. The third kappa shape index (κ3) is 3.04. The van der Waals surface area contributed by atoms with E-state index in [4.69, 9.17) is 5.41 Å². The van der Waals surface area contributed by atoms with E-state index in [1.54, 1.807) is 0 Å². The van der Waals surface area contributed by atoms with Crippen molar-refractivity contribution in [2.45, 2.75) is 51.9 Å². The number of hydrogen-bond acceptors (Lipinski definition) is 1. The second kappa shape index (κ2) is 4.53. The molecule has 1 aliphatic rings. The molecule has 0 heterocycles. The van der Waals surface area contributed by atoms with Crippen LogP contribution in [0.3, 0.4) is 0 Å². The predicted molar refractivity (Wildman–Crippen MR) is 49.2 cm³/mol. The van der Waals surface area contributed by atoms with Crippen LogP contribution in [0.2, 0.25) is 0 Å². The SMILES string of the molecule is CC(=N)C1CCCCCCC1. The van der Waals surface area contributed by atoms with Crippen LogP contribution in [-0.4, -0.2) is 5.71 Å². The highest BCUT2D eigenvalue weighted by molar-refractivity contribution is 5.81. The lowest BCUT2D eigenvalue weighted by Gasteiger charge is -2.18. The van der Waals surface area contributed by atoms with E-state index >= 15 is 0 Å². The van der Waals surface area contributed by atoms with E-state index in [1.807, 2.05) is 6.92 Å². The third-order valence-electron chi connectivity index (χ3n) is 2.72. The molecule has 0 atom stereocenters. The predicted octanol–water partition coefficient (Wildman–Crippen LogP) is 3.39. The molecule has 0 saturated heterocycles. The molecule has 0 unspecified atom stereocenters. The average molecular weight is 153 g/mol. The van der Waals surface area contributed by atoms with Crippen molar-refractivity contribution in [2.24, 2.45) is 5.92 Å². The first-order valence-corrected chi connectivity index (χ1v) is 4.86. The molecular weight excluding hydrogens is 134 g/mol. The van der Waals surface area contributed by atoms with Gasteiger partial charge in [-0.05, 0) is 25.7 Å². The van der Waals surface area contributed by atoms with Crippen LogP contribution in [0.1, 0.15) is 51.9 Å². The van der Waals surface area contributed by atoms with Gasteiger partial charge >= 0.3 is 0 Å². The fraction of sp³-hybridized carbons (Fsp3) is 0.900. The minimum absolute atomic E-state index is 0.621. The quantitative estimate of drug-likeness (QED) is 0.558. The molecule has 0 aromatic carbocycles. The second-order valence-corrected chi connectivity index (χ2v) is 3.73. The minimum Gasteiger partial charge on any atom is -0.310 e. The van der Waals surface area contributed by atoms with Crippen LogP contribution < -0.4 is 0 Å². The summed E-state index contributed by atoms with van der Waals surface area (Å²) in [5.74, 6) is 0.621. The molecule has 1 heteroatoms. The van der Waals surface area contributed by atoms with Gasteiger partial charge in [-0.25, -0.2) is 0 Å². The van der Waals surface area contributed by atoms with Crippen molar-refractivity contribution in [3.05, 3.63) is 0 Å². The number of hydrogen-bond donors (Lipinski definition) is 1. The van der Waals surface area contributed by atoms with Crippen LogP contribution in [0.4, 0.5) is 0 Å². The summed E-state index contributed by atoms with van der Waals surface area (Å²) in [6.07, 6.45) is 9.45. The van der Waals surface area contributed by atoms with E-state index in [9.17, 15) is 0 Å². The van der Waals surface area contributed by atoms with Gasteiger partial charge in [0.1, 0.15) is 0 Å². The average Bonchev–Trinajstić information content (AvgIpc) is 1.84. The van der Waals surface area contributed by atoms with Crippen LogP contribution in [0.25, 0.3) is 0 Å². The van der Waals surface area contributed by atoms with Crippen molar-refractivity contribution >= 4 is 5.71 Å². The summed E-state index contributed by atoms with van der Waals surface area (Å²) < 4.78 is 0. The largest absolute Gasteiger partial charge is 0.310 e. The summed E-state index contributed by atoms with van der Waals surface area (Å²) in [6.45, 7) is 1.96. The zero-order valence-electron chi connectivity index (χ0n) is 7.53. The number of rotatable bonds is 1. The first-order valence-electron chi connectivity index (χ1n) is 4.86. The maximum absolute atomic E-state index is 7.56. The zero-order valence-corrected chi connectivity index (χ0v) is 7.53. The molecule has 11 heavy (non-hydrogen) atoms. The summed E-state index contributed by atoms with van der Waals surface area (Å²) in [5.41, 5.74) is 0.909. The lowest BCUT2D eigenvalue weighted by Crippen LogP contribution is -2.11. The topological polar surface area (TPSA) is 23.9 Å². The van der Waals surface area contributed by atoms with E-state index in [1.165, 1.54) is 44.9 Å². The Bertz CT molecular complexity index is 121. The molecule has 0 aromatic rings. The molecule has 1 rings (SSSR count). The van der Waals surface area contributed by atoms with Gasteiger partial charge in [-0.3, -0.25) is 0 Å². The van der Waals surface area contributed by atoms with E-state index < -0.39 is 0 Å². The molecule has 0 aromatic heterocycles. The molecule has 0 amide bonds. The van der Waals surface area contributed by atoms with Gasteiger partial charge in [0.25, 0.3) is 0 Å². The lowest BCUT2D eigenvalue weighted by molar-refractivity contribution is 0.450. The van der Waals surface area contributed by atoms with Gasteiger partial charge in [0, 0.05) is 5.71 Å². The minimum atomic E-state index is 0.621. The van der Waals surface area contributed by atoms with Crippen molar-refractivity contribution in [1.29, 1.82) is 5.41 Å². The molecule has 1 nitrogen and oxygen atoms in total. The molecule has 0 radical (unpaired) electrons. The molecule has 1 N–H and O–H groups in total. The Kier molecular flexibility index (Phi) is 3.61. The van der Waals surface area contributed by atoms with Crippen LogP contribution >= 0.6 is 0 Å². The summed E-state index contributed by atoms with van der Waals surface area (Å²) in [6, 6.07) is 0. The Morgan fingerprint density at radius 2 is 1.45 bits per heavy atom. The molecule has 0 aliphatic heterocycles. The second-order valence-electron chi connectivity index (χ2n) is 3.73. The molecular formula is C10H19N. The van der Waals surface area contributed by atoms with Crippen LogP contribution in [0.5, 0.6) is 0 Å². The maximum atomic E-state index is 7.56. The first kappa shape index (κ1) is 8.76. The van der Waals surface area contributed by atoms with Crippen molar-refractivity contribution in [1.82, 2.24) is 0 Å². The normalized spacial score (nSPS) is 22.3. The van der Waals surface area contributed by atoms with E-state index in [-0.39, 0.29) is 0 Å². The Hall–Kier alpha value is -0.330. The van der Waals surface area contributed by atoms with Gasteiger partial charge in [-0.15, -0.1) is 0 Å². The van der Waals surface area contributed by atoms with Gasteiger partial charge in [-0.1, -0.05) is 32.1 Å². The van der Waals surface area contributed by atoms with Crippen molar-refractivity contribution in [3.8, 4) is 0 Å². The molecule has 1 fully saturated rings. The Balaban J connectivity index is 2.32. The molecule has 1 aliphatic carbocycles. The number of nitrogens with one attached hydrogen (secondary N) is 1. The van der Waals surface area contributed by atoms with Crippen molar-refractivity contribution in [3.63, 3.8) is 0 Å². The summed E-state index contributed by atoms with van der Waals surface area (Å²) in [4.78, 5) is 0. The van der Waals surface area contributed by atoms with Crippen LogP contribution in [0.15, 0.2) is 0 Å². The van der Waals surface area contributed by atoms with E-state index in [2.05, 4.69) is 0 Å². The molecule has 1 saturated carbocycles. The fourth-order valence-electron chi connectivity index (χ4n) is 1.89. The van der Waals surface area contributed by atoms with Gasteiger partial charge in [-0.2, -0.15) is 0 Å². The highest BCUT2D eigenvalue weighted by Crippen LogP contribution is 2.22. The lowest BCUT2D eigenvalue weighted by atomic mass is 9.88. The highest BCUT2D eigenvalue weighted by atomic mass is 14.4. The molecule has 64 valence electrons. The summed E-state index contributed by atoms with van der Waals surface area (Å²) in [5, 5.41) is 7.56. The van der Waals surface area contributed by atoms with Crippen LogP contribution in [-0.2, 0) is 0 Å². The Labute approximate surface area is 69.7 Å². The zero-order chi connectivity index (χ0) is 8.10. The Morgan fingerprint density at radius 1 is 1.00 bits per heavy atom. The fourth-order valence-corrected chi connectivity index (χ4v) is 1.89. The van der Waals surface area contributed by atoms with Gasteiger partial charge in [0.05, 0.1) is 0 Å². The van der Waals surface area contributed by atoms with Crippen molar-refractivity contribution < 1.29 is 0 Å². The standard InChI is InChI=1S/C10H19N/c1-9(11)10-7-5-3-2-4-6-8-10/h10-11H,2-8H2,1H3. The summed E-state index contributed by atoms with van der Waals surface area (Å²) >= 11 is 0. The maximum Gasteiger partial charge on any atom is 0.00891 e. The van der Waals surface area contributed by atoms with E-state index in [0.717, 1.165) is 5.71 Å². The molecule has 0 spiro atoms. The van der Waals surface area contributed by atoms with Crippen LogP contribution in [0, 0.1) is 11.3 Å². The first-order chi connectivity index (χ1) is 5.30. The smallest absolute Gasteiger partial charge is 0.00891 e. The van der Waals surface area contributed by atoms with Gasteiger partial charge < -0.3 is 5.41 Å². The Morgan fingerprint density at radius 3 is 1.91 bits per heavy atom. The monoisotopic (exact) mass is 153 g/mol. The van der Waals surface area contributed by atoms with E-state index in [0.29, 0.717) is 5.92 Å².